The SMILES string of the molecule is COC1(C(=O)N(C)Cc2n[nH]c(=O)[nH]2)CCCC1. The average Bonchev–Trinajstić information content (AvgIpc) is 2.98. The Morgan fingerprint density at radius 3 is 2.67 bits per heavy atom. The molecular formula is C11H18N4O3. The fourth-order valence-corrected chi connectivity index (χ4v) is 2.48. The van der Waals surface area contributed by atoms with Gasteiger partial charge in [0.1, 0.15) is 5.60 Å². The summed E-state index contributed by atoms with van der Waals surface area (Å²) in [5.41, 5.74) is -1.06. The van der Waals surface area contributed by atoms with Crippen molar-refractivity contribution in [3.63, 3.8) is 0 Å². The summed E-state index contributed by atoms with van der Waals surface area (Å²) in [6, 6.07) is 0. The molecule has 18 heavy (non-hydrogen) atoms. The van der Waals surface area contributed by atoms with Crippen molar-refractivity contribution >= 4 is 5.91 Å². The smallest absolute Gasteiger partial charge is 0.340 e. The van der Waals surface area contributed by atoms with E-state index >= 15 is 0 Å². The number of H-pyrrole nitrogens is 2. The van der Waals surface area contributed by atoms with Crippen LogP contribution in [0.3, 0.4) is 0 Å². The molecule has 1 aromatic rings. The first-order valence-electron chi connectivity index (χ1n) is 6.02. The molecule has 1 saturated carbocycles. The minimum absolute atomic E-state index is 0.0497. The molecule has 0 spiro atoms. The summed E-state index contributed by atoms with van der Waals surface area (Å²) >= 11 is 0. The Labute approximate surface area is 105 Å². The van der Waals surface area contributed by atoms with Crippen molar-refractivity contribution in [1.29, 1.82) is 0 Å². The highest BCUT2D eigenvalue weighted by Gasteiger charge is 2.43. The summed E-state index contributed by atoms with van der Waals surface area (Å²) in [4.78, 5) is 27.4. The first-order chi connectivity index (χ1) is 8.57. The maximum atomic E-state index is 12.4. The largest absolute Gasteiger partial charge is 0.368 e. The van der Waals surface area contributed by atoms with Gasteiger partial charge >= 0.3 is 5.69 Å². The van der Waals surface area contributed by atoms with E-state index < -0.39 is 5.60 Å². The fraction of sp³-hybridized carbons (Fsp3) is 0.727. The number of nitrogens with zero attached hydrogens (tertiary/aromatic N) is 2. The maximum absolute atomic E-state index is 12.4. The van der Waals surface area contributed by atoms with Gasteiger partial charge in [-0.25, -0.2) is 9.89 Å². The molecule has 0 aliphatic heterocycles. The van der Waals surface area contributed by atoms with Crippen LogP contribution < -0.4 is 5.69 Å². The minimum atomic E-state index is -0.689. The van der Waals surface area contributed by atoms with Gasteiger partial charge in [0.2, 0.25) is 0 Å². The summed E-state index contributed by atoms with van der Waals surface area (Å²) in [6.07, 6.45) is 3.52. The van der Waals surface area contributed by atoms with Crippen molar-refractivity contribution in [2.45, 2.75) is 37.8 Å². The lowest BCUT2D eigenvalue weighted by molar-refractivity contribution is -0.153. The molecule has 100 valence electrons. The quantitative estimate of drug-likeness (QED) is 0.792. The van der Waals surface area contributed by atoms with E-state index in [1.807, 2.05) is 0 Å². The predicted octanol–water partition coefficient (Wildman–Crippen LogP) is 0.0156. The van der Waals surface area contributed by atoms with Crippen LogP contribution in [0.5, 0.6) is 0 Å². The number of methoxy groups -OCH3 is 1. The molecule has 0 aromatic carbocycles. The first kappa shape index (κ1) is 12.8. The zero-order valence-corrected chi connectivity index (χ0v) is 10.7. The number of aromatic nitrogens is 3. The summed E-state index contributed by atoms with van der Waals surface area (Å²) in [6.45, 7) is 0.267. The highest BCUT2D eigenvalue weighted by Crippen LogP contribution is 2.34. The monoisotopic (exact) mass is 254 g/mol. The molecule has 0 radical (unpaired) electrons. The van der Waals surface area contributed by atoms with E-state index in [1.165, 1.54) is 0 Å². The first-order valence-corrected chi connectivity index (χ1v) is 6.02. The van der Waals surface area contributed by atoms with Gasteiger partial charge in [-0.05, 0) is 25.7 Å². The van der Waals surface area contributed by atoms with Gasteiger partial charge in [-0.1, -0.05) is 0 Å². The third-order valence-electron chi connectivity index (χ3n) is 3.48. The van der Waals surface area contributed by atoms with Gasteiger partial charge < -0.3 is 9.64 Å². The van der Waals surface area contributed by atoms with Crippen LogP contribution in [-0.2, 0) is 16.1 Å². The highest BCUT2D eigenvalue weighted by molar-refractivity contribution is 5.85. The minimum Gasteiger partial charge on any atom is -0.368 e. The highest BCUT2D eigenvalue weighted by atomic mass is 16.5. The number of ether oxygens (including phenoxy) is 1. The predicted molar refractivity (Wildman–Crippen MR) is 63.9 cm³/mol. The van der Waals surface area contributed by atoms with Crippen LogP contribution in [0.25, 0.3) is 0 Å². The molecular weight excluding hydrogens is 236 g/mol. The van der Waals surface area contributed by atoms with Gasteiger partial charge in [0.05, 0.1) is 6.54 Å². The zero-order chi connectivity index (χ0) is 13.2. The molecule has 0 unspecified atom stereocenters. The van der Waals surface area contributed by atoms with E-state index in [1.54, 1.807) is 19.1 Å². The van der Waals surface area contributed by atoms with E-state index in [4.69, 9.17) is 4.74 Å². The molecule has 1 aliphatic carbocycles. The fourth-order valence-electron chi connectivity index (χ4n) is 2.48. The molecule has 1 aromatic heterocycles. The van der Waals surface area contributed by atoms with Crippen LogP contribution in [-0.4, -0.2) is 45.7 Å². The number of amides is 1. The number of aromatic amines is 2. The van der Waals surface area contributed by atoms with E-state index in [2.05, 4.69) is 15.2 Å². The van der Waals surface area contributed by atoms with Gasteiger partial charge in [-0.15, -0.1) is 0 Å². The number of likely N-dealkylation sites (N-methyl/N-ethyl adjacent to an activating group) is 1. The Bertz CT molecular complexity index is 473. The summed E-state index contributed by atoms with van der Waals surface area (Å²) < 4.78 is 5.43. The molecule has 0 atom stereocenters. The number of hydrogen-bond donors (Lipinski definition) is 2. The molecule has 1 aliphatic rings. The average molecular weight is 254 g/mol. The molecule has 7 nitrogen and oxygen atoms in total. The van der Waals surface area contributed by atoms with Gasteiger partial charge in [0.15, 0.2) is 5.82 Å². The van der Waals surface area contributed by atoms with Crippen LogP contribution in [0.1, 0.15) is 31.5 Å². The second-order valence-corrected chi connectivity index (χ2v) is 4.69. The number of carbonyl (C=O) groups is 1. The summed E-state index contributed by atoms with van der Waals surface area (Å²) in [5.74, 6) is 0.395. The summed E-state index contributed by atoms with van der Waals surface area (Å²) in [7, 11) is 3.27. The van der Waals surface area contributed by atoms with Gasteiger partial charge in [0.25, 0.3) is 5.91 Å². The second-order valence-electron chi connectivity index (χ2n) is 4.69. The standard InChI is InChI=1S/C11H18N4O3/c1-15(7-8-12-10(17)14-13-8)9(16)11(18-2)5-3-4-6-11/h3-7H2,1-2H3,(H2,12,13,14,17). The number of hydrogen-bond acceptors (Lipinski definition) is 4. The van der Waals surface area contributed by atoms with Crippen LogP contribution in [0.15, 0.2) is 4.79 Å². The van der Waals surface area contributed by atoms with Crippen molar-refractivity contribution in [2.75, 3.05) is 14.2 Å². The summed E-state index contributed by atoms with van der Waals surface area (Å²) in [5, 5.41) is 6.06. The van der Waals surface area contributed by atoms with E-state index in [-0.39, 0.29) is 18.1 Å². The molecule has 0 saturated heterocycles. The molecule has 2 rings (SSSR count). The van der Waals surface area contributed by atoms with Crippen molar-refractivity contribution in [2.24, 2.45) is 0 Å². The van der Waals surface area contributed by atoms with Gasteiger partial charge in [0, 0.05) is 14.2 Å². The van der Waals surface area contributed by atoms with Crippen molar-refractivity contribution in [3.8, 4) is 0 Å². The van der Waals surface area contributed by atoms with Crippen LogP contribution >= 0.6 is 0 Å². The van der Waals surface area contributed by atoms with E-state index in [0.717, 1.165) is 25.7 Å². The third-order valence-corrected chi connectivity index (χ3v) is 3.48. The Morgan fingerprint density at radius 2 is 2.17 bits per heavy atom. The number of rotatable bonds is 4. The lowest BCUT2D eigenvalue weighted by Crippen LogP contribution is -2.46. The van der Waals surface area contributed by atoms with Crippen molar-refractivity contribution in [3.05, 3.63) is 16.3 Å². The van der Waals surface area contributed by atoms with Gasteiger partial charge in [-0.3, -0.25) is 9.78 Å². The second kappa shape index (κ2) is 4.93. The van der Waals surface area contributed by atoms with E-state index in [0.29, 0.717) is 5.82 Å². The third kappa shape index (κ3) is 2.31. The van der Waals surface area contributed by atoms with Crippen molar-refractivity contribution < 1.29 is 9.53 Å². The Morgan fingerprint density at radius 1 is 1.50 bits per heavy atom. The lowest BCUT2D eigenvalue weighted by atomic mass is 10.0. The zero-order valence-electron chi connectivity index (χ0n) is 10.7. The molecule has 1 amide bonds. The number of carbonyl (C=O) groups excluding carboxylic acids is 1. The number of nitrogens with one attached hydrogen (secondary N) is 2. The lowest BCUT2D eigenvalue weighted by Gasteiger charge is -2.30. The van der Waals surface area contributed by atoms with Crippen molar-refractivity contribution in [1.82, 2.24) is 20.1 Å². The molecule has 2 N–H and O–H groups in total. The molecule has 0 bridgehead atoms. The van der Waals surface area contributed by atoms with Gasteiger partial charge in [-0.2, -0.15) is 5.10 Å². The molecule has 1 fully saturated rings. The van der Waals surface area contributed by atoms with Crippen LogP contribution in [0, 0.1) is 0 Å². The Balaban J connectivity index is 2.06. The maximum Gasteiger partial charge on any atom is 0.340 e. The Hall–Kier alpha value is -1.63. The van der Waals surface area contributed by atoms with Crippen LogP contribution in [0.4, 0.5) is 0 Å². The van der Waals surface area contributed by atoms with E-state index in [9.17, 15) is 9.59 Å². The topological polar surface area (TPSA) is 91.1 Å². The molecule has 7 heteroatoms. The normalized spacial score (nSPS) is 17.9. The van der Waals surface area contributed by atoms with Crippen LogP contribution in [0.2, 0.25) is 0 Å². The molecule has 1 heterocycles. The Kier molecular flexibility index (Phi) is 3.51.